The summed E-state index contributed by atoms with van der Waals surface area (Å²) in [6, 6.07) is 26.0. The van der Waals surface area contributed by atoms with Gasteiger partial charge in [0.2, 0.25) is 0 Å². The summed E-state index contributed by atoms with van der Waals surface area (Å²) in [6.45, 7) is 6.79. The monoisotopic (exact) mass is 555 g/mol. The van der Waals surface area contributed by atoms with Crippen molar-refractivity contribution < 1.29 is 18.7 Å². The van der Waals surface area contributed by atoms with Crippen molar-refractivity contribution in [2.75, 3.05) is 6.54 Å². The maximum absolute atomic E-state index is 14.7. The molecule has 4 atom stereocenters. The minimum atomic E-state index is -0.828. The fraction of sp³-hybridized carbons (Fsp3) is 0.412. The standard InChI is InChI=1S/C34H38FN3O3/c1-4-5-18-37-29(20-24-12-8-6-9-13-24)31-32(41-34(2,3)40-31)30(21-25-14-10-7-11-15-25)38(33(37)39)23-26-16-17-28(35)27(19-26)22-36/h6-17,19,29-32H,4-5,18,20-21,23H2,1-3H3/t29-,30-,31?,32?/m1/s1. The van der Waals surface area contributed by atoms with Gasteiger partial charge in [0, 0.05) is 13.1 Å². The van der Waals surface area contributed by atoms with E-state index in [1.54, 1.807) is 12.1 Å². The number of amides is 2. The lowest BCUT2D eigenvalue weighted by molar-refractivity contribution is -0.157. The van der Waals surface area contributed by atoms with Gasteiger partial charge in [0.25, 0.3) is 0 Å². The van der Waals surface area contributed by atoms with Gasteiger partial charge in [-0.1, -0.05) is 80.1 Å². The number of urea groups is 1. The Kier molecular flexibility index (Phi) is 8.72. The van der Waals surface area contributed by atoms with Gasteiger partial charge in [-0.05, 0) is 61.9 Å². The maximum Gasteiger partial charge on any atom is 0.321 e. The van der Waals surface area contributed by atoms with Crippen molar-refractivity contribution in [1.82, 2.24) is 9.80 Å². The van der Waals surface area contributed by atoms with Crippen molar-refractivity contribution in [3.05, 3.63) is 107 Å². The van der Waals surface area contributed by atoms with Gasteiger partial charge in [-0.25, -0.2) is 9.18 Å². The average molecular weight is 556 g/mol. The number of benzene rings is 3. The van der Waals surface area contributed by atoms with Crippen LogP contribution in [-0.4, -0.2) is 52.5 Å². The SMILES string of the molecule is CCCCN1C(=O)N(Cc2ccc(F)c(C#N)c2)[C@H](Cc2ccccc2)C2OC(C)(C)OC2[C@H]1Cc1ccccc1. The van der Waals surface area contributed by atoms with Gasteiger partial charge in [-0.15, -0.1) is 0 Å². The van der Waals surface area contributed by atoms with Gasteiger partial charge in [0.1, 0.15) is 24.1 Å². The zero-order valence-corrected chi connectivity index (χ0v) is 24.0. The molecule has 0 radical (unpaired) electrons. The van der Waals surface area contributed by atoms with Gasteiger partial charge < -0.3 is 19.3 Å². The molecule has 0 aromatic heterocycles. The molecule has 2 heterocycles. The summed E-state index contributed by atoms with van der Waals surface area (Å²) in [5.74, 6) is -1.40. The molecular weight excluding hydrogens is 517 g/mol. The third-order valence-electron chi connectivity index (χ3n) is 8.05. The van der Waals surface area contributed by atoms with Crippen LogP contribution in [0.15, 0.2) is 78.9 Å². The zero-order chi connectivity index (χ0) is 29.0. The number of fused-ring (bicyclic) bond motifs is 1. The molecule has 214 valence electrons. The summed E-state index contributed by atoms with van der Waals surface area (Å²) in [5.41, 5.74) is 2.87. The molecule has 0 bridgehead atoms. The second kappa shape index (κ2) is 12.4. The molecule has 2 saturated heterocycles. The first-order valence-electron chi connectivity index (χ1n) is 14.5. The average Bonchev–Trinajstić information content (AvgIpc) is 3.27. The molecule has 2 aliphatic heterocycles. The first-order valence-corrected chi connectivity index (χ1v) is 14.5. The Balaban J connectivity index is 1.62. The molecule has 7 heteroatoms. The minimum absolute atomic E-state index is 0.0337. The Morgan fingerprint density at radius 3 is 1.95 bits per heavy atom. The Hall–Kier alpha value is -3.73. The predicted octanol–water partition coefficient (Wildman–Crippen LogP) is 6.48. The Labute approximate surface area is 242 Å². The number of carbonyl (C=O) groups excluding carboxylic acids is 1. The summed E-state index contributed by atoms with van der Waals surface area (Å²) >= 11 is 0. The molecule has 6 nitrogen and oxygen atoms in total. The van der Waals surface area contributed by atoms with E-state index < -0.39 is 17.7 Å². The number of nitrogens with zero attached hydrogens (tertiary/aromatic N) is 3. The van der Waals surface area contributed by atoms with Gasteiger partial charge in [-0.2, -0.15) is 5.26 Å². The molecule has 41 heavy (non-hydrogen) atoms. The number of carbonyl (C=O) groups is 1. The molecular formula is C34H38FN3O3. The quantitative estimate of drug-likeness (QED) is 0.303. The molecule has 3 aromatic rings. The number of nitriles is 1. The van der Waals surface area contributed by atoms with Crippen molar-refractivity contribution >= 4 is 6.03 Å². The summed E-state index contributed by atoms with van der Waals surface area (Å²) in [4.78, 5) is 18.5. The highest BCUT2D eigenvalue weighted by molar-refractivity contribution is 5.76. The lowest BCUT2D eigenvalue weighted by atomic mass is 9.91. The lowest BCUT2D eigenvalue weighted by Gasteiger charge is -2.37. The summed E-state index contributed by atoms with van der Waals surface area (Å²) in [7, 11) is 0. The maximum atomic E-state index is 14.7. The smallest absolute Gasteiger partial charge is 0.321 e. The molecule has 2 amide bonds. The van der Waals surface area contributed by atoms with Crippen LogP contribution < -0.4 is 0 Å². The molecule has 2 fully saturated rings. The van der Waals surface area contributed by atoms with Crippen molar-refractivity contribution in [2.24, 2.45) is 0 Å². The highest BCUT2D eigenvalue weighted by Crippen LogP contribution is 2.40. The second-order valence-electron chi connectivity index (χ2n) is 11.5. The molecule has 5 rings (SSSR count). The lowest BCUT2D eigenvalue weighted by Crippen LogP contribution is -2.52. The van der Waals surface area contributed by atoms with Crippen LogP contribution in [0.5, 0.6) is 0 Å². The van der Waals surface area contributed by atoms with Crippen LogP contribution >= 0.6 is 0 Å². The summed E-state index contributed by atoms with van der Waals surface area (Å²) in [6.07, 6.45) is 2.25. The first-order chi connectivity index (χ1) is 19.8. The van der Waals surface area contributed by atoms with Crippen LogP contribution in [-0.2, 0) is 28.9 Å². The fourth-order valence-corrected chi connectivity index (χ4v) is 6.11. The van der Waals surface area contributed by atoms with E-state index in [1.807, 2.05) is 66.1 Å². The second-order valence-corrected chi connectivity index (χ2v) is 11.5. The molecule has 3 aromatic carbocycles. The van der Waals surface area contributed by atoms with E-state index in [9.17, 15) is 14.4 Å². The Morgan fingerprint density at radius 2 is 1.41 bits per heavy atom. The number of hydrogen-bond acceptors (Lipinski definition) is 4. The van der Waals surface area contributed by atoms with E-state index in [2.05, 4.69) is 31.2 Å². The Morgan fingerprint density at radius 1 is 0.854 bits per heavy atom. The van der Waals surface area contributed by atoms with Gasteiger partial charge in [0.15, 0.2) is 5.79 Å². The van der Waals surface area contributed by atoms with E-state index in [0.717, 1.165) is 24.0 Å². The minimum Gasteiger partial charge on any atom is -0.342 e. The number of halogens is 1. The van der Waals surface area contributed by atoms with E-state index >= 15 is 0 Å². The highest BCUT2D eigenvalue weighted by atomic mass is 19.1. The summed E-state index contributed by atoms with van der Waals surface area (Å²) in [5, 5.41) is 9.47. The van der Waals surface area contributed by atoms with Crippen molar-refractivity contribution in [3.63, 3.8) is 0 Å². The highest BCUT2D eigenvalue weighted by Gasteiger charge is 2.55. The van der Waals surface area contributed by atoms with Gasteiger partial charge in [-0.3, -0.25) is 0 Å². The van der Waals surface area contributed by atoms with Crippen LogP contribution in [0.1, 0.15) is 55.9 Å². The number of hydrogen-bond donors (Lipinski definition) is 0. The van der Waals surface area contributed by atoms with Gasteiger partial charge >= 0.3 is 6.03 Å². The topological polar surface area (TPSA) is 65.8 Å². The van der Waals surface area contributed by atoms with Crippen molar-refractivity contribution in [3.8, 4) is 6.07 Å². The Bertz CT molecular complexity index is 1370. The van der Waals surface area contributed by atoms with E-state index in [4.69, 9.17) is 9.47 Å². The van der Waals surface area contributed by atoms with Crippen LogP contribution in [0.2, 0.25) is 0 Å². The van der Waals surface area contributed by atoms with E-state index in [-0.39, 0.29) is 36.3 Å². The molecule has 0 aliphatic carbocycles. The molecule has 0 N–H and O–H groups in total. The predicted molar refractivity (Wildman–Crippen MR) is 155 cm³/mol. The molecule has 0 spiro atoms. The normalized spacial score (nSPS) is 23.6. The largest absolute Gasteiger partial charge is 0.342 e. The van der Waals surface area contributed by atoms with Crippen molar-refractivity contribution in [2.45, 2.75) is 83.1 Å². The molecule has 2 unspecified atom stereocenters. The van der Waals surface area contributed by atoms with Gasteiger partial charge in [0.05, 0.1) is 17.6 Å². The first kappa shape index (κ1) is 28.8. The van der Waals surface area contributed by atoms with Crippen LogP contribution in [0.4, 0.5) is 9.18 Å². The fourth-order valence-electron chi connectivity index (χ4n) is 6.11. The van der Waals surface area contributed by atoms with Crippen LogP contribution in [0, 0.1) is 17.1 Å². The van der Waals surface area contributed by atoms with E-state index in [1.165, 1.54) is 6.07 Å². The number of unbranched alkanes of at least 4 members (excludes halogenated alkanes) is 1. The third kappa shape index (κ3) is 6.45. The molecule has 0 saturated carbocycles. The van der Waals surface area contributed by atoms with Crippen LogP contribution in [0.3, 0.4) is 0 Å². The third-order valence-corrected chi connectivity index (χ3v) is 8.05. The number of ether oxygens (including phenoxy) is 2. The summed E-state index contributed by atoms with van der Waals surface area (Å²) < 4.78 is 27.6. The number of rotatable bonds is 9. The van der Waals surface area contributed by atoms with E-state index in [0.29, 0.717) is 24.9 Å². The zero-order valence-electron chi connectivity index (χ0n) is 24.0. The van der Waals surface area contributed by atoms with Crippen LogP contribution in [0.25, 0.3) is 0 Å². The van der Waals surface area contributed by atoms with Crippen molar-refractivity contribution in [1.29, 1.82) is 5.26 Å². The molecule has 2 aliphatic rings.